The molecule has 0 atom stereocenters. The number of anilines is 1. The Morgan fingerprint density at radius 1 is 1.12 bits per heavy atom. The zero-order chi connectivity index (χ0) is 22.7. The molecule has 32 heavy (non-hydrogen) atoms. The summed E-state index contributed by atoms with van der Waals surface area (Å²) in [6.07, 6.45) is 0.264. The van der Waals surface area contributed by atoms with Crippen LogP contribution in [-0.2, 0) is 4.79 Å². The molecule has 1 fully saturated rings. The third kappa shape index (κ3) is 4.45. The van der Waals surface area contributed by atoms with Gasteiger partial charge in [0.1, 0.15) is 0 Å². The van der Waals surface area contributed by atoms with Crippen LogP contribution in [0, 0.1) is 17.0 Å². The maximum atomic E-state index is 12.9. The molecule has 1 aliphatic heterocycles. The van der Waals surface area contributed by atoms with Crippen molar-refractivity contribution in [1.29, 1.82) is 0 Å². The lowest BCUT2D eigenvalue weighted by molar-refractivity contribution is -0.385. The van der Waals surface area contributed by atoms with Crippen LogP contribution >= 0.6 is 0 Å². The first-order valence-electron chi connectivity index (χ1n) is 10.4. The molecule has 10 nitrogen and oxygen atoms in total. The van der Waals surface area contributed by atoms with E-state index in [1.165, 1.54) is 6.07 Å². The Kier molecular flexibility index (Phi) is 6.13. The van der Waals surface area contributed by atoms with E-state index >= 15 is 0 Å². The first kappa shape index (κ1) is 21.4. The van der Waals surface area contributed by atoms with Crippen LogP contribution < -0.4 is 5.32 Å². The lowest BCUT2D eigenvalue weighted by Crippen LogP contribution is -2.49. The number of hydrogen-bond donors (Lipinski definition) is 2. The SMILES string of the molecule is Cc1c(NC(=O)CCN2CCN(C(=O)c3n[nH]c4ccccc34)CC2)cccc1[N+](=O)[O-]. The lowest BCUT2D eigenvalue weighted by Gasteiger charge is -2.34. The fraction of sp³-hybridized carbons (Fsp3) is 0.318. The number of nitrogens with zero attached hydrogens (tertiary/aromatic N) is 4. The average molecular weight is 436 g/mol. The van der Waals surface area contributed by atoms with Crippen molar-refractivity contribution in [3.8, 4) is 0 Å². The van der Waals surface area contributed by atoms with Gasteiger partial charge in [-0.05, 0) is 19.1 Å². The van der Waals surface area contributed by atoms with Crippen LogP contribution in [0.15, 0.2) is 42.5 Å². The summed E-state index contributed by atoms with van der Waals surface area (Å²) < 4.78 is 0. The van der Waals surface area contributed by atoms with Crippen LogP contribution in [0.5, 0.6) is 0 Å². The molecule has 1 aromatic heterocycles. The molecule has 0 saturated carbocycles. The van der Waals surface area contributed by atoms with Crippen LogP contribution in [0.2, 0.25) is 0 Å². The Hall–Kier alpha value is -3.79. The Labute approximate surface area is 184 Å². The molecular weight excluding hydrogens is 412 g/mol. The van der Waals surface area contributed by atoms with Gasteiger partial charge in [0.25, 0.3) is 11.6 Å². The van der Waals surface area contributed by atoms with Gasteiger partial charge in [-0.1, -0.05) is 24.3 Å². The van der Waals surface area contributed by atoms with Crippen LogP contribution in [0.25, 0.3) is 10.9 Å². The predicted octanol–water partition coefficient (Wildman–Crippen LogP) is 2.57. The molecule has 2 aromatic carbocycles. The van der Waals surface area contributed by atoms with E-state index in [-0.39, 0.29) is 23.9 Å². The highest BCUT2D eigenvalue weighted by Gasteiger charge is 2.25. The third-order valence-corrected chi connectivity index (χ3v) is 5.76. The van der Waals surface area contributed by atoms with Crippen molar-refractivity contribution < 1.29 is 14.5 Å². The number of para-hydroxylation sites is 1. The molecule has 0 spiro atoms. The molecule has 4 rings (SSSR count). The van der Waals surface area contributed by atoms with E-state index in [4.69, 9.17) is 0 Å². The highest BCUT2D eigenvalue weighted by molar-refractivity contribution is 6.04. The van der Waals surface area contributed by atoms with Crippen molar-refractivity contribution in [3.05, 3.63) is 63.8 Å². The average Bonchev–Trinajstić information content (AvgIpc) is 3.23. The number of carbonyl (C=O) groups is 2. The predicted molar refractivity (Wildman–Crippen MR) is 120 cm³/mol. The number of nitro benzene ring substituents is 1. The minimum absolute atomic E-state index is 0.0201. The normalized spacial score (nSPS) is 14.5. The van der Waals surface area contributed by atoms with Gasteiger partial charge in [0.2, 0.25) is 5.91 Å². The summed E-state index contributed by atoms with van der Waals surface area (Å²) in [6.45, 7) is 4.62. The summed E-state index contributed by atoms with van der Waals surface area (Å²) in [5.74, 6) is -0.295. The minimum atomic E-state index is -0.461. The summed E-state index contributed by atoms with van der Waals surface area (Å²) in [4.78, 5) is 39.7. The van der Waals surface area contributed by atoms with Gasteiger partial charge in [0.15, 0.2) is 5.69 Å². The van der Waals surface area contributed by atoms with E-state index in [0.29, 0.717) is 49.7 Å². The molecule has 2 heterocycles. The second kappa shape index (κ2) is 9.15. The van der Waals surface area contributed by atoms with Gasteiger partial charge in [-0.25, -0.2) is 0 Å². The van der Waals surface area contributed by atoms with Gasteiger partial charge < -0.3 is 10.2 Å². The molecule has 0 bridgehead atoms. The molecule has 3 aromatic rings. The summed E-state index contributed by atoms with van der Waals surface area (Å²) in [5, 5.41) is 21.7. The van der Waals surface area contributed by atoms with Crippen molar-refractivity contribution in [2.24, 2.45) is 0 Å². The maximum Gasteiger partial charge on any atom is 0.275 e. The van der Waals surface area contributed by atoms with E-state index < -0.39 is 4.92 Å². The van der Waals surface area contributed by atoms with E-state index in [1.807, 2.05) is 24.3 Å². The molecule has 2 amide bonds. The fourth-order valence-electron chi connectivity index (χ4n) is 3.88. The molecule has 0 unspecified atom stereocenters. The van der Waals surface area contributed by atoms with Gasteiger partial charge in [-0.2, -0.15) is 5.10 Å². The largest absolute Gasteiger partial charge is 0.335 e. The van der Waals surface area contributed by atoms with Crippen molar-refractivity contribution in [3.63, 3.8) is 0 Å². The van der Waals surface area contributed by atoms with Crippen molar-refractivity contribution in [1.82, 2.24) is 20.0 Å². The number of piperazine rings is 1. The van der Waals surface area contributed by atoms with Gasteiger partial charge in [-0.15, -0.1) is 0 Å². The molecule has 0 aliphatic carbocycles. The first-order chi connectivity index (χ1) is 15.4. The summed E-state index contributed by atoms with van der Waals surface area (Å²) in [6, 6.07) is 12.2. The molecule has 2 N–H and O–H groups in total. The van der Waals surface area contributed by atoms with Gasteiger partial charge in [-0.3, -0.25) is 29.7 Å². The molecule has 166 valence electrons. The number of aromatic amines is 1. The summed E-state index contributed by atoms with van der Waals surface area (Å²) in [5.41, 5.74) is 2.13. The molecular formula is C22H24N6O4. The van der Waals surface area contributed by atoms with Crippen LogP contribution in [0.4, 0.5) is 11.4 Å². The number of rotatable bonds is 6. The number of nitrogens with one attached hydrogen (secondary N) is 2. The van der Waals surface area contributed by atoms with Crippen molar-refractivity contribution in [2.75, 3.05) is 38.0 Å². The Balaban J connectivity index is 1.27. The zero-order valence-corrected chi connectivity index (χ0v) is 17.7. The van der Waals surface area contributed by atoms with E-state index in [9.17, 15) is 19.7 Å². The molecule has 1 saturated heterocycles. The second-order valence-corrected chi connectivity index (χ2v) is 7.76. The number of H-pyrrole nitrogens is 1. The zero-order valence-electron chi connectivity index (χ0n) is 17.7. The van der Waals surface area contributed by atoms with Crippen molar-refractivity contribution in [2.45, 2.75) is 13.3 Å². The summed E-state index contributed by atoms with van der Waals surface area (Å²) in [7, 11) is 0. The number of fused-ring (bicyclic) bond motifs is 1. The van der Waals surface area contributed by atoms with E-state index in [0.717, 1.165) is 10.9 Å². The third-order valence-electron chi connectivity index (χ3n) is 5.76. The quantitative estimate of drug-likeness (QED) is 0.452. The summed E-state index contributed by atoms with van der Waals surface area (Å²) >= 11 is 0. The number of hydrogen-bond acceptors (Lipinski definition) is 6. The van der Waals surface area contributed by atoms with E-state index in [2.05, 4.69) is 20.4 Å². The lowest BCUT2D eigenvalue weighted by atomic mass is 10.1. The first-order valence-corrected chi connectivity index (χ1v) is 10.4. The highest BCUT2D eigenvalue weighted by Crippen LogP contribution is 2.25. The molecule has 1 aliphatic rings. The standard InChI is InChI=1S/C22H24N6O4/c1-15-17(7-4-8-19(15)28(31)32)23-20(29)9-10-26-11-13-27(14-12-26)22(30)21-16-5-2-3-6-18(16)24-25-21/h2-8H,9-14H2,1H3,(H,23,29)(H,24,25). The highest BCUT2D eigenvalue weighted by atomic mass is 16.6. The Morgan fingerprint density at radius 3 is 2.62 bits per heavy atom. The van der Waals surface area contributed by atoms with Gasteiger partial charge in [0, 0.05) is 50.6 Å². The Bertz CT molecular complexity index is 1170. The maximum absolute atomic E-state index is 12.9. The second-order valence-electron chi connectivity index (χ2n) is 7.76. The van der Waals surface area contributed by atoms with Crippen LogP contribution in [0.3, 0.4) is 0 Å². The van der Waals surface area contributed by atoms with Crippen molar-refractivity contribution >= 4 is 34.1 Å². The minimum Gasteiger partial charge on any atom is -0.335 e. The van der Waals surface area contributed by atoms with Crippen LogP contribution in [-0.4, -0.2) is 69.5 Å². The fourth-order valence-corrected chi connectivity index (χ4v) is 3.88. The Morgan fingerprint density at radius 2 is 1.88 bits per heavy atom. The monoisotopic (exact) mass is 436 g/mol. The van der Waals surface area contributed by atoms with Gasteiger partial charge in [0.05, 0.1) is 21.7 Å². The van der Waals surface area contributed by atoms with Crippen LogP contribution in [0.1, 0.15) is 22.5 Å². The van der Waals surface area contributed by atoms with E-state index in [1.54, 1.807) is 24.0 Å². The number of aromatic nitrogens is 2. The van der Waals surface area contributed by atoms with Gasteiger partial charge >= 0.3 is 0 Å². The smallest absolute Gasteiger partial charge is 0.275 e. The number of nitro groups is 1. The number of benzene rings is 2. The molecule has 10 heteroatoms. The molecule has 0 radical (unpaired) electrons. The number of amides is 2. The topological polar surface area (TPSA) is 124 Å². The number of carbonyl (C=O) groups excluding carboxylic acids is 2.